The Morgan fingerprint density at radius 2 is 1.79 bits per heavy atom. The first-order valence-electron chi connectivity index (χ1n) is 11.2. The van der Waals surface area contributed by atoms with Gasteiger partial charge in [-0.05, 0) is 48.7 Å². The van der Waals surface area contributed by atoms with Crippen molar-refractivity contribution in [1.29, 1.82) is 0 Å². The monoisotopic (exact) mass is 443 g/mol. The third-order valence-electron chi connectivity index (χ3n) is 6.42. The second-order valence-electron chi connectivity index (χ2n) is 8.54. The normalized spacial score (nSPS) is 14.5. The SMILES string of the molecule is CN(C(=O)c1cnc2c(cnn2Cc2ccccc2)c1)C1CCN(c2ccc(F)cc2)CC1. The molecule has 1 saturated heterocycles. The van der Waals surface area contributed by atoms with Crippen LogP contribution in [0.4, 0.5) is 10.1 Å². The van der Waals surface area contributed by atoms with E-state index in [9.17, 15) is 9.18 Å². The number of carbonyl (C=O) groups excluding carboxylic acids is 1. The van der Waals surface area contributed by atoms with Crippen molar-refractivity contribution in [1.82, 2.24) is 19.7 Å². The maximum Gasteiger partial charge on any atom is 0.255 e. The first-order valence-corrected chi connectivity index (χ1v) is 11.2. The van der Waals surface area contributed by atoms with E-state index in [4.69, 9.17) is 0 Å². The number of carbonyl (C=O) groups is 1. The Kier molecular flexibility index (Phi) is 5.77. The number of pyridine rings is 1. The predicted molar refractivity (Wildman–Crippen MR) is 127 cm³/mol. The zero-order valence-corrected chi connectivity index (χ0v) is 18.6. The molecule has 5 rings (SSSR count). The molecule has 33 heavy (non-hydrogen) atoms. The van der Waals surface area contributed by atoms with E-state index in [0.29, 0.717) is 12.1 Å². The second-order valence-corrected chi connectivity index (χ2v) is 8.54. The summed E-state index contributed by atoms with van der Waals surface area (Å²) in [6, 6.07) is 18.7. The summed E-state index contributed by atoms with van der Waals surface area (Å²) in [6.45, 7) is 2.30. The molecule has 0 bridgehead atoms. The lowest BCUT2D eigenvalue weighted by Gasteiger charge is -2.37. The molecule has 7 heteroatoms. The molecule has 0 atom stereocenters. The van der Waals surface area contributed by atoms with Crippen LogP contribution in [0, 0.1) is 5.82 Å². The smallest absolute Gasteiger partial charge is 0.255 e. The number of hydrogen-bond acceptors (Lipinski definition) is 4. The second kappa shape index (κ2) is 9.02. The van der Waals surface area contributed by atoms with Crippen LogP contribution >= 0.6 is 0 Å². The van der Waals surface area contributed by atoms with Crippen LogP contribution in [0.25, 0.3) is 11.0 Å². The maximum atomic E-state index is 13.2. The van der Waals surface area contributed by atoms with E-state index in [1.807, 2.05) is 53.0 Å². The average Bonchev–Trinajstić information content (AvgIpc) is 3.26. The van der Waals surface area contributed by atoms with Crippen molar-refractivity contribution >= 4 is 22.6 Å². The minimum absolute atomic E-state index is 0.0274. The number of rotatable bonds is 5. The average molecular weight is 444 g/mol. The molecule has 0 N–H and O–H groups in total. The van der Waals surface area contributed by atoms with Gasteiger partial charge in [0.1, 0.15) is 5.82 Å². The van der Waals surface area contributed by atoms with Crippen molar-refractivity contribution in [3.63, 3.8) is 0 Å². The molecule has 168 valence electrons. The van der Waals surface area contributed by atoms with Crippen LogP contribution in [-0.2, 0) is 6.54 Å². The fourth-order valence-electron chi connectivity index (χ4n) is 4.49. The van der Waals surface area contributed by atoms with Gasteiger partial charge < -0.3 is 9.80 Å². The molecular weight excluding hydrogens is 417 g/mol. The largest absolute Gasteiger partial charge is 0.371 e. The molecule has 2 aromatic heterocycles. The third kappa shape index (κ3) is 4.44. The van der Waals surface area contributed by atoms with Gasteiger partial charge >= 0.3 is 0 Å². The molecule has 1 fully saturated rings. The van der Waals surface area contributed by atoms with Crippen LogP contribution in [0.1, 0.15) is 28.8 Å². The molecular formula is C26H26FN5O. The zero-order valence-electron chi connectivity index (χ0n) is 18.6. The number of nitrogens with zero attached hydrogens (tertiary/aromatic N) is 5. The van der Waals surface area contributed by atoms with Gasteiger partial charge in [0.2, 0.25) is 0 Å². The van der Waals surface area contributed by atoms with E-state index in [1.54, 1.807) is 12.4 Å². The molecule has 4 aromatic rings. The molecule has 1 aliphatic heterocycles. The quantitative estimate of drug-likeness (QED) is 0.460. The minimum Gasteiger partial charge on any atom is -0.371 e. The number of benzene rings is 2. The molecule has 1 aliphatic rings. The summed E-state index contributed by atoms with van der Waals surface area (Å²) >= 11 is 0. The molecule has 0 radical (unpaired) electrons. The molecule has 0 aliphatic carbocycles. The number of hydrogen-bond donors (Lipinski definition) is 0. The molecule has 2 aromatic carbocycles. The van der Waals surface area contributed by atoms with Crippen LogP contribution in [0.3, 0.4) is 0 Å². The van der Waals surface area contributed by atoms with E-state index < -0.39 is 0 Å². The van der Waals surface area contributed by atoms with Crippen molar-refractivity contribution < 1.29 is 9.18 Å². The highest BCUT2D eigenvalue weighted by atomic mass is 19.1. The highest BCUT2D eigenvalue weighted by Gasteiger charge is 2.26. The van der Waals surface area contributed by atoms with Crippen molar-refractivity contribution in [3.8, 4) is 0 Å². The summed E-state index contributed by atoms with van der Waals surface area (Å²) in [4.78, 5) is 21.8. The lowest BCUT2D eigenvalue weighted by atomic mass is 10.0. The Bertz CT molecular complexity index is 1250. The Labute approximate surface area is 192 Å². The fraction of sp³-hybridized carbons (Fsp3) is 0.269. The summed E-state index contributed by atoms with van der Waals surface area (Å²) in [7, 11) is 1.86. The van der Waals surface area contributed by atoms with E-state index >= 15 is 0 Å². The van der Waals surface area contributed by atoms with Crippen molar-refractivity contribution in [2.24, 2.45) is 0 Å². The van der Waals surface area contributed by atoms with Crippen LogP contribution in [0.15, 0.2) is 73.1 Å². The lowest BCUT2D eigenvalue weighted by molar-refractivity contribution is 0.0709. The maximum absolute atomic E-state index is 13.2. The van der Waals surface area contributed by atoms with Gasteiger partial charge in [0.25, 0.3) is 5.91 Å². The Morgan fingerprint density at radius 1 is 1.06 bits per heavy atom. The highest BCUT2D eigenvalue weighted by molar-refractivity contribution is 5.96. The van der Waals surface area contributed by atoms with Gasteiger partial charge in [0.05, 0.1) is 18.3 Å². The Morgan fingerprint density at radius 3 is 2.52 bits per heavy atom. The van der Waals surface area contributed by atoms with E-state index in [1.165, 1.54) is 12.1 Å². The summed E-state index contributed by atoms with van der Waals surface area (Å²) < 4.78 is 15.1. The van der Waals surface area contributed by atoms with E-state index in [0.717, 1.165) is 48.2 Å². The topological polar surface area (TPSA) is 54.3 Å². The number of aromatic nitrogens is 3. The molecule has 0 unspecified atom stereocenters. The predicted octanol–water partition coefficient (Wildman–Crippen LogP) is 4.36. The lowest BCUT2D eigenvalue weighted by Crippen LogP contribution is -2.45. The van der Waals surface area contributed by atoms with Crippen molar-refractivity contribution in [2.75, 3.05) is 25.0 Å². The van der Waals surface area contributed by atoms with E-state index in [-0.39, 0.29) is 17.8 Å². The molecule has 0 spiro atoms. The van der Waals surface area contributed by atoms with Gasteiger partial charge in [-0.1, -0.05) is 30.3 Å². The summed E-state index contributed by atoms with van der Waals surface area (Å²) in [6.07, 6.45) is 5.15. The summed E-state index contributed by atoms with van der Waals surface area (Å²) in [5, 5.41) is 5.33. The van der Waals surface area contributed by atoms with Gasteiger partial charge in [-0.25, -0.2) is 14.1 Å². The van der Waals surface area contributed by atoms with Crippen LogP contribution < -0.4 is 4.90 Å². The van der Waals surface area contributed by atoms with Gasteiger partial charge in [-0.2, -0.15) is 5.10 Å². The number of piperidine rings is 1. The standard InChI is InChI=1S/C26H26FN5O/c1-30(23-11-13-31(14-12-23)24-9-7-22(27)8-10-24)26(33)21-15-20-17-29-32(25(20)28-16-21)18-19-5-3-2-4-6-19/h2-10,15-17,23H,11-14,18H2,1H3. The third-order valence-corrected chi connectivity index (χ3v) is 6.42. The van der Waals surface area contributed by atoms with Crippen molar-refractivity contribution in [2.45, 2.75) is 25.4 Å². The molecule has 3 heterocycles. The molecule has 0 saturated carbocycles. The minimum atomic E-state index is -0.227. The van der Waals surface area contributed by atoms with Crippen LogP contribution in [0.5, 0.6) is 0 Å². The fourth-order valence-corrected chi connectivity index (χ4v) is 4.49. The zero-order chi connectivity index (χ0) is 22.8. The van der Waals surface area contributed by atoms with Crippen LogP contribution in [0.2, 0.25) is 0 Å². The highest BCUT2D eigenvalue weighted by Crippen LogP contribution is 2.24. The Balaban J connectivity index is 1.25. The van der Waals surface area contributed by atoms with Gasteiger partial charge in [-0.3, -0.25) is 4.79 Å². The number of anilines is 1. The molecule has 1 amide bonds. The number of fused-ring (bicyclic) bond motifs is 1. The number of amides is 1. The van der Waals surface area contributed by atoms with Gasteiger partial charge in [0.15, 0.2) is 5.65 Å². The summed E-state index contributed by atoms with van der Waals surface area (Å²) in [5.41, 5.74) is 3.51. The van der Waals surface area contributed by atoms with Gasteiger partial charge in [-0.15, -0.1) is 0 Å². The van der Waals surface area contributed by atoms with E-state index in [2.05, 4.69) is 27.1 Å². The first-order chi connectivity index (χ1) is 16.1. The first kappa shape index (κ1) is 21.1. The Hall–Kier alpha value is -3.74. The van der Waals surface area contributed by atoms with Gasteiger partial charge in [0, 0.05) is 43.4 Å². The molecule has 6 nitrogen and oxygen atoms in total. The summed E-state index contributed by atoms with van der Waals surface area (Å²) in [5.74, 6) is -0.254. The number of halogens is 1. The van der Waals surface area contributed by atoms with Crippen molar-refractivity contribution in [3.05, 3.63) is 90.0 Å². The van der Waals surface area contributed by atoms with Crippen LogP contribution in [-0.4, -0.2) is 51.8 Å².